The van der Waals surface area contributed by atoms with E-state index in [1.807, 2.05) is 18.2 Å². The van der Waals surface area contributed by atoms with Crippen LogP contribution in [0.3, 0.4) is 0 Å². The van der Waals surface area contributed by atoms with Crippen molar-refractivity contribution in [2.75, 3.05) is 27.4 Å². The van der Waals surface area contributed by atoms with E-state index in [4.69, 9.17) is 14.3 Å². The number of carbonyl (C=O) groups excluding carboxylic acids is 1. The minimum Gasteiger partial charge on any atom is -0.493 e. The number of oxime groups is 1. The van der Waals surface area contributed by atoms with Gasteiger partial charge in [0.2, 0.25) is 0 Å². The minimum absolute atomic E-state index is 0.0658. The van der Waals surface area contributed by atoms with Crippen LogP contribution in [0.15, 0.2) is 47.6 Å². The number of methoxy groups -OCH3 is 2. The molecular weight excluding hydrogens is 332 g/mol. The summed E-state index contributed by atoms with van der Waals surface area (Å²) in [6, 6.07) is 13.6. The molecule has 0 saturated carbocycles. The van der Waals surface area contributed by atoms with E-state index in [2.05, 4.69) is 17.3 Å². The Hall–Kier alpha value is -3.02. The summed E-state index contributed by atoms with van der Waals surface area (Å²) in [5.74, 6) is 1.19. The minimum atomic E-state index is -0.0774. The van der Waals surface area contributed by atoms with Crippen molar-refractivity contribution >= 4 is 12.1 Å². The van der Waals surface area contributed by atoms with Crippen molar-refractivity contribution in [2.24, 2.45) is 5.16 Å². The van der Waals surface area contributed by atoms with E-state index in [1.54, 1.807) is 37.5 Å². The Kier molecular flexibility index (Phi) is 5.73. The highest BCUT2D eigenvalue weighted by Gasteiger charge is 2.20. The summed E-state index contributed by atoms with van der Waals surface area (Å²) in [7, 11) is 3.16. The Balaban J connectivity index is 1.52. The van der Waals surface area contributed by atoms with Gasteiger partial charge in [-0.05, 0) is 35.7 Å². The van der Waals surface area contributed by atoms with Crippen LogP contribution in [0.5, 0.6) is 11.5 Å². The molecular formula is C20H22N2O4. The first-order valence-electron chi connectivity index (χ1n) is 8.43. The number of rotatable bonds is 6. The van der Waals surface area contributed by atoms with Crippen LogP contribution in [0.1, 0.15) is 16.7 Å². The highest BCUT2D eigenvalue weighted by molar-refractivity contribution is 5.81. The third kappa shape index (κ3) is 4.14. The maximum absolute atomic E-state index is 12.3. The molecule has 1 heterocycles. The fourth-order valence-corrected chi connectivity index (χ4v) is 2.92. The molecule has 136 valence electrons. The molecule has 1 aliphatic heterocycles. The summed E-state index contributed by atoms with van der Waals surface area (Å²) < 4.78 is 10.4. The summed E-state index contributed by atoms with van der Waals surface area (Å²) in [5, 5.41) is 3.88. The van der Waals surface area contributed by atoms with Crippen LogP contribution in [-0.2, 0) is 22.6 Å². The number of carbonyl (C=O) groups is 1. The van der Waals surface area contributed by atoms with E-state index in [1.165, 1.54) is 11.1 Å². The van der Waals surface area contributed by atoms with Gasteiger partial charge in [0.1, 0.15) is 0 Å². The smallest absolute Gasteiger partial charge is 0.263 e. The standard InChI is InChI=1S/C20H22N2O4/c1-24-18-8-7-15(11-19(18)25-2)12-21-26-14-20(23)22-10-9-16-5-3-4-6-17(16)13-22/h3-8,11-12H,9-10,13-14H2,1-2H3/b21-12-. The maximum Gasteiger partial charge on any atom is 0.263 e. The molecule has 0 fully saturated rings. The lowest BCUT2D eigenvalue weighted by Crippen LogP contribution is -2.37. The Morgan fingerprint density at radius 1 is 1.12 bits per heavy atom. The van der Waals surface area contributed by atoms with E-state index in [-0.39, 0.29) is 12.5 Å². The predicted molar refractivity (Wildman–Crippen MR) is 98.7 cm³/mol. The molecule has 6 nitrogen and oxygen atoms in total. The van der Waals surface area contributed by atoms with E-state index < -0.39 is 0 Å². The fraction of sp³-hybridized carbons (Fsp3) is 0.300. The number of benzene rings is 2. The van der Waals surface area contributed by atoms with Gasteiger partial charge in [-0.25, -0.2) is 0 Å². The summed E-state index contributed by atoms with van der Waals surface area (Å²) in [5.41, 5.74) is 3.30. The van der Waals surface area contributed by atoms with E-state index >= 15 is 0 Å². The zero-order valence-corrected chi connectivity index (χ0v) is 15.0. The molecule has 0 spiro atoms. The first-order chi connectivity index (χ1) is 12.7. The Morgan fingerprint density at radius 2 is 1.88 bits per heavy atom. The molecule has 0 aromatic heterocycles. The third-order valence-corrected chi connectivity index (χ3v) is 4.36. The van der Waals surface area contributed by atoms with Crippen LogP contribution < -0.4 is 9.47 Å². The molecule has 0 bridgehead atoms. The van der Waals surface area contributed by atoms with Crippen molar-refractivity contribution < 1.29 is 19.1 Å². The van der Waals surface area contributed by atoms with Gasteiger partial charge in [0.25, 0.3) is 5.91 Å². The van der Waals surface area contributed by atoms with Crippen LogP contribution in [0.25, 0.3) is 0 Å². The molecule has 0 aliphatic carbocycles. The van der Waals surface area contributed by atoms with Gasteiger partial charge < -0.3 is 19.2 Å². The molecule has 2 aromatic carbocycles. The number of hydrogen-bond donors (Lipinski definition) is 0. The molecule has 0 unspecified atom stereocenters. The number of hydrogen-bond acceptors (Lipinski definition) is 5. The van der Waals surface area contributed by atoms with Gasteiger partial charge in [-0.3, -0.25) is 4.79 Å². The topological polar surface area (TPSA) is 60.4 Å². The highest BCUT2D eigenvalue weighted by Crippen LogP contribution is 2.26. The van der Waals surface area contributed by atoms with Gasteiger partial charge in [0.15, 0.2) is 18.1 Å². The third-order valence-electron chi connectivity index (χ3n) is 4.36. The van der Waals surface area contributed by atoms with Crippen LogP contribution in [0.2, 0.25) is 0 Å². The summed E-state index contributed by atoms with van der Waals surface area (Å²) >= 11 is 0. The van der Waals surface area contributed by atoms with E-state index in [0.29, 0.717) is 24.6 Å². The lowest BCUT2D eigenvalue weighted by molar-refractivity contribution is -0.137. The van der Waals surface area contributed by atoms with Gasteiger partial charge in [0, 0.05) is 18.7 Å². The average molecular weight is 354 g/mol. The zero-order chi connectivity index (χ0) is 18.4. The Morgan fingerprint density at radius 3 is 2.65 bits per heavy atom. The van der Waals surface area contributed by atoms with E-state index in [9.17, 15) is 4.79 Å². The Labute approximate surface area is 153 Å². The van der Waals surface area contributed by atoms with Crippen LogP contribution in [0.4, 0.5) is 0 Å². The number of nitrogens with zero attached hydrogens (tertiary/aromatic N) is 2. The Bertz CT molecular complexity index is 804. The largest absolute Gasteiger partial charge is 0.493 e. The first-order valence-corrected chi connectivity index (χ1v) is 8.43. The van der Waals surface area contributed by atoms with E-state index in [0.717, 1.165) is 12.0 Å². The second kappa shape index (κ2) is 8.38. The second-order valence-corrected chi connectivity index (χ2v) is 5.96. The van der Waals surface area contributed by atoms with Gasteiger partial charge in [-0.1, -0.05) is 29.4 Å². The normalized spacial score (nSPS) is 13.4. The van der Waals surface area contributed by atoms with Gasteiger partial charge in [-0.15, -0.1) is 0 Å². The predicted octanol–water partition coefficient (Wildman–Crippen LogP) is 2.64. The molecule has 1 amide bonds. The molecule has 26 heavy (non-hydrogen) atoms. The SMILES string of the molecule is COc1ccc(/C=N\OCC(=O)N2CCc3ccccc3C2)cc1OC. The number of ether oxygens (including phenoxy) is 2. The summed E-state index contributed by atoms with van der Waals surface area (Å²) in [6.07, 6.45) is 2.41. The molecule has 0 saturated heterocycles. The summed E-state index contributed by atoms with van der Waals surface area (Å²) in [6.45, 7) is 1.25. The molecule has 3 rings (SSSR count). The molecule has 0 N–H and O–H groups in total. The number of fused-ring (bicyclic) bond motifs is 1. The molecule has 2 aromatic rings. The van der Waals surface area contributed by atoms with Crippen molar-refractivity contribution in [2.45, 2.75) is 13.0 Å². The van der Waals surface area contributed by atoms with Crippen LogP contribution >= 0.6 is 0 Å². The van der Waals surface area contributed by atoms with Gasteiger partial charge in [0.05, 0.1) is 20.4 Å². The lowest BCUT2D eigenvalue weighted by atomic mass is 10.00. The van der Waals surface area contributed by atoms with Crippen molar-refractivity contribution in [1.82, 2.24) is 4.90 Å². The molecule has 0 radical (unpaired) electrons. The molecule has 1 aliphatic rings. The molecule has 6 heteroatoms. The maximum atomic E-state index is 12.3. The average Bonchev–Trinajstić information content (AvgIpc) is 2.70. The van der Waals surface area contributed by atoms with Gasteiger partial charge >= 0.3 is 0 Å². The quantitative estimate of drug-likeness (QED) is 0.591. The fourth-order valence-electron chi connectivity index (χ4n) is 2.92. The van der Waals surface area contributed by atoms with Gasteiger partial charge in [-0.2, -0.15) is 0 Å². The number of amides is 1. The van der Waals surface area contributed by atoms with Crippen molar-refractivity contribution in [3.05, 3.63) is 59.2 Å². The van der Waals surface area contributed by atoms with Crippen molar-refractivity contribution in [3.63, 3.8) is 0 Å². The first kappa shape index (κ1) is 17.8. The zero-order valence-electron chi connectivity index (χ0n) is 15.0. The second-order valence-electron chi connectivity index (χ2n) is 5.96. The molecule has 0 atom stereocenters. The van der Waals surface area contributed by atoms with Crippen molar-refractivity contribution in [3.8, 4) is 11.5 Å². The van der Waals surface area contributed by atoms with Crippen LogP contribution in [0, 0.1) is 0 Å². The van der Waals surface area contributed by atoms with Crippen LogP contribution in [-0.4, -0.2) is 44.4 Å². The monoisotopic (exact) mass is 354 g/mol. The highest BCUT2D eigenvalue weighted by atomic mass is 16.6. The lowest BCUT2D eigenvalue weighted by Gasteiger charge is -2.28. The van der Waals surface area contributed by atoms with Crippen molar-refractivity contribution in [1.29, 1.82) is 0 Å². The summed E-state index contributed by atoms with van der Waals surface area (Å²) in [4.78, 5) is 19.3.